The molecule has 0 spiro atoms. The van der Waals surface area contributed by atoms with Crippen molar-refractivity contribution in [1.29, 1.82) is 0 Å². The number of allylic oxidation sites excluding steroid dienone is 2. The molecule has 1 aromatic heterocycles. The molecule has 3 aromatic rings. The minimum absolute atomic E-state index is 0.0162. The minimum Gasteiger partial charge on any atom is -0.298 e. The van der Waals surface area contributed by atoms with Crippen LogP contribution in [0.3, 0.4) is 0 Å². The lowest BCUT2D eigenvalue weighted by molar-refractivity contribution is -0.123. The van der Waals surface area contributed by atoms with Crippen LogP contribution in [0.25, 0.3) is 10.9 Å². The number of hydrogen-bond donors (Lipinski definition) is 0. The molecule has 1 fully saturated rings. The number of benzene rings is 2. The second-order valence-electron chi connectivity index (χ2n) is 7.26. The molecule has 0 amide bonds. The summed E-state index contributed by atoms with van der Waals surface area (Å²) in [7, 11) is 0. The molecule has 1 aliphatic carbocycles. The van der Waals surface area contributed by atoms with Gasteiger partial charge < -0.3 is 0 Å². The van der Waals surface area contributed by atoms with Crippen LogP contribution in [0.15, 0.2) is 66.4 Å². The Labute approximate surface area is 166 Å². The maximum absolute atomic E-state index is 12.2. The smallest absolute Gasteiger partial charge is 0.173 e. The molecule has 2 aromatic carbocycles. The minimum atomic E-state index is -0.572. The van der Waals surface area contributed by atoms with Gasteiger partial charge >= 0.3 is 0 Å². The molecule has 0 aliphatic heterocycles. The van der Waals surface area contributed by atoms with Crippen LogP contribution in [0.2, 0.25) is 0 Å². The van der Waals surface area contributed by atoms with E-state index in [4.69, 9.17) is 0 Å². The lowest BCUT2D eigenvalue weighted by Gasteiger charge is -2.15. The molecule has 3 nitrogen and oxygen atoms in total. The molecular formula is C25H25NO2. The van der Waals surface area contributed by atoms with E-state index in [-0.39, 0.29) is 18.0 Å². The van der Waals surface area contributed by atoms with E-state index in [1.165, 1.54) is 5.39 Å². The highest BCUT2D eigenvalue weighted by Gasteiger charge is 2.39. The van der Waals surface area contributed by atoms with E-state index in [0.717, 1.165) is 27.8 Å². The van der Waals surface area contributed by atoms with E-state index in [0.29, 0.717) is 5.57 Å². The second kappa shape index (κ2) is 8.30. The van der Waals surface area contributed by atoms with Crippen LogP contribution in [-0.4, -0.2) is 16.6 Å². The Balaban J connectivity index is 0.000000188. The van der Waals surface area contributed by atoms with Crippen molar-refractivity contribution in [1.82, 2.24) is 4.98 Å². The van der Waals surface area contributed by atoms with Crippen LogP contribution in [0.5, 0.6) is 0 Å². The molecule has 0 bridgehead atoms. The molecule has 1 atom stereocenters. The fraction of sp³-hybridized carbons (Fsp3) is 0.240. The van der Waals surface area contributed by atoms with Gasteiger partial charge in [0.2, 0.25) is 0 Å². The Morgan fingerprint density at radius 1 is 0.964 bits per heavy atom. The van der Waals surface area contributed by atoms with Gasteiger partial charge in [-0.25, -0.2) is 0 Å². The van der Waals surface area contributed by atoms with Crippen molar-refractivity contribution in [3.63, 3.8) is 0 Å². The lowest BCUT2D eigenvalue weighted by atomic mass is 9.87. The van der Waals surface area contributed by atoms with Gasteiger partial charge in [0, 0.05) is 18.0 Å². The van der Waals surface area contributed by atoms with E-state index in [1.54, 1.807) is 6.08 Å². The predicted molar refractivity (Wildman–Crippen MR) is 114 cm³/mol. The summed E-state index contributed by atoms with van der Waals surface area (Å²) in [6.07, 6.45) is 3.86. The quantitative estimate of drug-likeness (QED) is 0.424. The summed E-state index contributed by atoms with van der Waals surface area (Å²) in [5, 5.41) is 1.20. The lowest BCUT2D eigenvalue weighted by Crippen LogP contribution is -2.15. The third-order valence-electron chi connectivity index (χ3n) is 5.15. The second-order valence-corrected chi connectivity index (χ2v) is 7.26. The molecule has 0 radical (unpaired) electrons. The number of fused-ring (bicyclic) bond motifs is 1. The van der Waals surface area contributed by atoms with Crippen LogP contribution in [-0.2, 0) is 9.59 Å². The normalized spacial score (nSPS) is 17.7. The number of rotatable bonds is 1. The highest BCUT2D eigenvalue weighted by atomic mass is 16.2. The van der Waals surface area contributed by atoms with Crippen molar-refractivity contribution >= 4 is 22.5 Å². The molecular weight excluding hydrogens is 346 g/mol. The number of hydrogen-bond acceptors (Lipinski definition) is 3. The number of ketones is 2. The van der Waals surface area contributed by atoms with Gasteiger partial charge in [-0.3, -0.25) is 14.6 Å². The molecule has 3 heteroatoms. The molecule has 1 heterocycles. The zero-order valence-corrected chi connectivity index (χ0v) is 16.8. The number of Topliss-reactive ketones (excluding diaryl/α,β-unsaturated/α-hetero) is 2. The summed E-state index contributed by atoms with van der Waals surface area (Å²) in [4.78, 5) is 28.5. The summed E-state index contributed by atoms with van der Waals surface area (Å²) in [5.41, 5.74) is 5.87. The van der Waals surface area contributed by atoms with Gasteiger partial charge in [0.25, 0.3) is 0 Å². The van der Waals surface area contributed by atoms with Gasteiger partial charge in [-0.1, -0.05) is 48.0 Å². The Morgan fingerprint density at radius 2 is 1.61 bits per heavy atom. The Bertz CT molecular complexity index is 990. The maximum atomic E-state index is 12.2. The number of pyridine rings is 1. The Hall–Kier alpha value is -3.07. The van der Waals surface area contributed by atoms with Gasteiger partial charge in [0.05, 0.1) is 5.52 Å². The van der Waals surface area contributed by atoms with Crippen molar-refractivity contribution < 1.29 is 9.59 Å². The predicted octanol–water partition coefficient (Wildman–Crippen LogP) is 5.42. The number of para-hydroxylation sites is 1. The van der Waals surface area contributed by atoms with Crippen LogP contribution in [0.1, 0.15) is 41.5 Å². The van der Waals surface area contributed by atoms with Crippen molar-refractivity contribution in [3.8, 4) is 0 Å². The van der Waals surface area contributed by atoms with Crippen molar-refractivity contribution in [3.05, 3.63) is 88.6 Å². The first kappa shape index (κ1) is 19.7. The van der Waals surface area contributed by atoms with Crippen LogP contribution in [0, 0.1) is 20.8 Å². The highest BCUT2D eigenvalue weighted by Crippen LogP contribution is 2.35. The number of nitrogens with zero attached hydrogens (tertiary/aromatic N) is 1. The first-order valence-corrected chi connectivity index (χ1v) is 9.52. The van der Waals surface area contributed by atoms with E-state index in [9.17, 15) is 9.59 Å². The summed E-state index contributed by atoms with van der Waals surface area (Å²) in [6, 6.07) is 16.2. The number of aromatic nitrogens is 1. The average molecular weight is 371 g/mol. The van der Waals surface area contributed by atoms with Gasteiger partial charge in [0.15, 0.2) is 11.6 Å². The summed E-state index contributed by atoms with van der Waals surface area (Å²) < 4.78 is 0. The van der Waals surface area contributed by atoms with E-state index >= 15 is 0 Å². The first-order valence-electron chi connectivity index (χ1n) is 9.52. The molecule has 4 rings (SSSR count). The molecule has 1 aliphatic rings. The van der Waals surface area contributed by atoms with Crippen molar-refractivity contribution in [2.24, 2.45) is 0 Å². The monoisotopic (exact) mass is 371 g/mol. The summed E-state index contributed by atoms with van der Waals surface area (Å²) in [5.74, 6) is -0.558. The van der Waals surface area contributed by atoms with Gasteiger partial charge in [0.1, 0.15) is 5.92 Å². The Morgan fingerprint density at radius 3 is 2.21 bits per heavy atom. The average Bonchev–Trinajstić information content (AvgIpc) is 2.96. The number of carbonyl (C=O) groups is 2. The van der Waals surface area contributed by atoms with E-state index in [2.05, 4.69) is 17.1 Å². The molecule has 0 N–H and O–H groups in total. The summed E-state index contributed by atoms with van der Waals surface area (Å²) in [6.45, 7) is 7.80. The zero-order chi connectivity index (χ0) is 20.3. The van der Waals surface area contributed by atoms with Gasteiger partial charge in [-0.2, -0.15) is 0 Å². The Kier molecular flexibility index (Phi) is 5.84. The van der Waals surface area contributed by atoms with E-state index in [1.807, 2.05) is 70.3 Å². The van der Waals surface area contributed by atoms with Crippen molar-refractivity contribution in [2.75, 3.05) is 0 Å². The molecule has 1 unspecified atom stereocenters. The van der Waals surface area contributed by atoms with Gasteiger partial charge in [-0.15, -0.1) is 0 Å². The van der Waals surface area contributed by atoms with Crippen LogP contribution < -0.4 is 0 Å². The highest BCUT2D eigenvalue weighted by molar-refractivity contribution is 6.23. The number of aryl methyl sites for hydroxylation is 3. The molecule has 0 saturated heterocycles. The first-order chi connectivity index (χ1) is 13.4. The van der Waals surface area contributed by atoms with E-state index < -0.39 is 5.92 Å². The largest absolute Gasteiger partial charge is 0.298 e. The standard InChI is InChI=1S/C16H18O2.C9H7N/c1-5-12-8-13(17)15(16(12)18)14-10(3)6-9(2)7-11(14)4;1-2-6-9-8(4-1)5-3-7-10-9/h5-7,15H,8H2,1-4H3;1-7H/b12-5+;. The third-order valence-corrected chi connectivity index (χ3v) is 5.15. The van der Waals surface area contributed by atoms with Crippen LogP contribution >= 0.6 is 0 Å². The maximum Gasteiger partial charge on any atom is 0.173 e. The third kappa shape index (κ3) is 3.94. The molecule has 28 heavy (non-hydrogen) atoms. The number of carbonyl (C=O) groups excluding carboxylic acids is 2. The van der Waals surface area contributed by atoms with Crippen LogP contribution in [0.4, 0.5) is 0 Å². The molecule has 142 valence electrons. The molecule has 1 saturated carbocycles. The summed E-state index contributed by atoms with van der Waals surface area (Å²) >= 11 is 0. The fourth-order valence-corrected chi connectivity index (χ4v) is 3.91. The topological polar surface area (TPSA) is 47.0 Å². The van der Waals surface area contributed by atoms with Crippen molar-refractivity contribution in [2.45, 2.75) is 40.0 Å². The fourth-order valence-electron chi connectivity index (χ4n) is 3.91. The zero-order valence-electron chi connectivity index (χ0n) is 16.8. The SMILES string of the molecule is C/C=C1\CC(=O)C(c2c(C)cc(C)cc2C)C1=O.c1ccc2ncccc2c1. The van der Waals surface area contributed by atoms with Gasteiger partial charge in [-0.05, 0) is 62.1 Å².